The number of amides is 2. The highest BCUT2D eigenvalue weighted by Gasteiger charge is 2.25. The number of phenolic OH excluding ortho intramolecular Hbond substituents is 2. The zero-order valence-electron chi connectivity index (χ0n) is 27.2. The number of halogens is 1. The van der Waals surface area contributed by atoms with E-state index in [4.69, 9.17) is 11.6 Å². The van der Waals surface area contributed by atoms with Crippen molar-refractivity contribution in [2.24, 2.45) is 5.92 Å². The molecule has 49 heavy (non-hydrogen) atoms. The summed E-state index contributed by atoms with van der Waals surface area (Å²) in [7, 11) is 0. The first-order valence-corrected chi connectivity index (χ1v) is 16.6. The van der Waals surface area contributed by atoms with E-state index in [1.54, 1.807) is 30.6 Å². The number of benzene rings is 4. The smallest absolute Gasteiger partial charge is 0.223 e. The third-order valence-electron chi connectivity index (χ3n) is 8.67. The molecule has 4 aromatic carbocycles. The second kappa shape index (κ2) is 14.7. The van der Waals surface area contributed by atoms with Gasteiger partial charge >= 0.3 is 0 Å². The SMILES string of the molecule is CC(C)C(=O)NC(c1cccc(CCCC(=O)NC(c2ccccc2Cl)c2ccc3cccnc3c2O)c1)c1ccc2cccnc2c1O. The van der Waals surface area contributed by atoms with Gasteiger partial charge in [-0.3, -0.25) is 19.6 Å². The van der Waals surface area contributed by atoms with Crippen molar-refractivity contribution in [3.63, 3.8) is 0 Å². The summed E-state index contributed by atoms with van der Waals surface area (Å²) in [4.78, 5) is 35.1. The number of nitrogens with zero attached hydrogens (tertiary/aromatic N) is 2. The van der Waals surface area contributed by atoms with Gasteiger partial charge in [0.05, 0.1) is 12.1 Å². The molecule has 0 radical (unpaired) electrons. The molecule has 2 aromatic heterocycles. The number of hydrogen-bond acceptors (Lipinski definition) is 6. The van der Waals surface area contributed by atoms with Gasteiger partial charge in [-0.1, -0.05) is 104 Å². The first kappa shape index (κ1) is 33.4. The van der Waals surface area contributed by atoms with Crippen molar-refractivity contribution < 1.29 is 19.8 Å². The minimum absolute atomic E-state index is 0.00696. The van der Waals surface area contributed by atoms with Gasteiger partial charge in [-0.15, -0.1) is 0 Å². The van der Waals surface area contributed by atoms with Gasteiger partial charge in [-0.2, -0.15) is 0 Å². The number of hydrogen-bond donors (Lipinski definition) is 4. The molecule has 248 valence electrons. The minimum Gasteiger partial charge on any atom is -0.505 e. The fourth-order valence-electron chi connectivity index (χ4n) is 6.05. The molecule has 2 heterocycles. The Morgan fingerprint density at radius 3 is 1.98 bits per heavy atom. The first-order valence-electron chi connectivity index (χ1n) is 16.3. The van der Waals surface area contributed by atoms with Gasteiger partial charge in [0, 0.05) is 51.7 Å². The molecule has 4 N–H and O–H groups in total. The Hall–Kier alpha value is -5.47. The van der Waals surface area contributed by atoms with E-state index in [2.05, 4.69) is 20.6 Å². The van der Waals surface area contributed by atoms with Crippen LogP contribution in [0.3, 0.4) is 0 Å². The highest BCUT2D eigenvalue weighted by Crippen LogP contribution is 2.37. The molecule has 0 bridgehead atoms. The van der Waals surface area contributed by atoms with E-state index < -0.39 is 12.1 Å². The minimum atomic E-state index is -0.689. The summed E-state index contributed by atoms with van der Waals surface area (Å²) in [5.74, 6) is -0.582. The predicted molar refractivity (Wildman–Crippen MR) is 192 cm³/mol. The highest BCUT2D eigenvalue weighted by molar-refractivity contribution is 6.31. The number of aryl methyl sites for hydroxylation is 1. The van der Waals surface area contributed by atoms with Gasteiger partial charge in [0.1, 0.15) is 22.5 Å². The van der Waals surface area contributed by atoms with Crippen molar-refractivity contribution in [3.8, 4) is 11.5 Å². The van der Waals surface area contributed by atoms with Crippen LogP contribution >= 0.6 is 11.6 Å². The van der Waals surface area contributed by atoms with Crippen LogP contribution in [0.5, 0.6) is 11.5 Å². The van der Waals surface area contributed by atoms with Crippen LogP contribution in [0.4, 0.5) is 0 Å². The molecule has 2 unspecified atom stereocenters. The molecule has 6 aromatic rings. The molecule has 0 aliphatic carbocycles. The lowest BCUT2D eigenvalue weighted by Crippen LogP contribution is -2.32. The highest BCUT2D eigenvalue weighted by atomic mass is 35.5. The number of phenols is 2. The summed E-state index contributed by atoms with van der Waals surface area (Å²) in [6, 6.07) is 28.5. The Morgan fingerprint density at radius 1 is 0.714 bits per heavy atom. The van der Waals surface area contributed by atoms with Crippen LogP contribution in [0, 0.1) is 5.92 Å². The van der Waals surface area contributed by atoms with Crippen LogP contribution in [0.25, 0.3) is 21.8 Å². The lowest BCUT2D eigenvalue weighted by Gasteiger charge is -2.23. The Bertz CT molecular complexity index is 2150. The normalized spacial score (nSPS) is 12.6. The van der Waals surface area contributed by atoms with Gasteiger partial charge in [0.25, 0.3) is 0 Å². The van der Waals surface area contributed by atoms with E-state index in [-0.39, 0.29) is 35.7 Å². The Labute approximate surface area is 289 Å². The molecule has 0 saturated heterocycles. The number of carbonyl (C=O) groups is 2. The second-order valence-corrected chi connectivity index (χ2v) is 12.8. The molecule has 2 amide bonds. The van der Waals surface area contributed by atoms with Crippen LogP contribution in [0.1, 0.15) is 66.6 Å². The zero-order valence-corrected chi connectivity index (χ0v) is 28.0. The van der Waals surface area contributed by atoms with Crippen molar-refractivity contribution in [1.29, 1.82) is 0 Å². The van der Waals surface area contributed by atoms with E-state index in [1.807, 2.05) is 92.7 Å². The summed E-state index contributed by atoms with van der Waals surface area (Å²) in [5.41, 5.74) is 4.42. The van der Waals surface area contributed by atoms with Crippen LogP contribution in [0.15, 0.2) is 109 Å². The quantitative estimate of drug-likeness (QED) is 0.111. The van der Waals surface area contributed by atoms with Crippen LogP contribution in [0.2, 0.25) is 5.02 Å². The molecule has 0 saturated carbocycles. The van der Waals surface area contributed by atoms with Crippen LogP contribution in [-0.2, 0) is 16.0 Å². The predicted octanol–water partition coefficient (Wildman–Crippen LogP) is 7.94. The average molecular weight is 673 g/mol. The molecular formula is C40H37ClN4O4. The molecular weight excluding hydrogens is 636 g/mol. The largest absolute Gasteiger partial charge is 0.505 e. The summed E-state index contributed by atoms with van der Waals surface area (Å²) in [6.45, 7) is 3.65. The molecule has 0 aliphatic heterocycles. The lowest BCUT2D eigenvalue weighted by atomic mass is 9.93. The third kappa shape index (κ3) is 7.34. The van der Waals surface area contributed by atoms with Gasteiger partial charge < -0.3 is 20.8 Å². The molecule has 0 spiro atoms. The maximum absolute atomic E-state index is 13.4. The van der Waals surface area contributed by atoms with Crippen molar-refractivity contribution in [2.75, 3.05) is 0 Å². The van der Waals surface area contributed by atoms with E-state index in [9.17, 15) is 19.8 Å². The Morgan fingerprint density at radius 2 is 1.35 bits per heavy atom. The van der Waals surface area contributed by atoms with Crippen LogP contribution < -0.4 is 10.6 Å². The lowest BCUT2D eigenvalue weighted by molar-refractivity contribution is -0.124. The maximum atomic E-state index is 13.4. The van der Waals surface area contributed by atoms with Crippen molar-refractivity contribution >= 4 is 45.2 Å². The van der Waals surface area contributed by atoms with E-state index >= 15 is 0 Å². The molecule has 6 rings (SSSR count). The number of aromatic hydroxyl groups is 2. The number of carbonyl (C=O) groups excluding carboxylic acids is 2. The molecule has 0 aliphatic rings. The monoisotopic (exact) mass is 672 g/mol. The van der Waals surface area contributed by atoms with Gasteiger partial charge in [-0.25, -0.2) is 0 Å². The fraction of sp³-hybridized carbons (Fsp3) is 0.200. The van der Waals surface area contributed by atoms with Gasteiger partial charge in [-0.05, 0) is 47.7 Å². The summed E-state index contributed by atoms with van der Waals surface area (Å²) < 4.78 is 0. The van der Waals surface area contributed by atoms with Crippen molar-refractivity contribution in [2.45, 2.75) is 45.2 Å². The van der Waals surface area contributed by atoms with Crippen molar-refractivity contribution in [3.05, 3.63) is 142 Å². The second-order valence-electron chi connectivity index (χ2n) is 12.4. The number of fused-ring (bicyclic) bond motifs is 2. The Balaban J connectivity index is 1.21. The number of pyridine rings is 2. The zero-order chi connectivity index (χ0) is 34.5. The van der Waals surface area contributed by atoms with E-state index in [1.165, 1.54) is 0 Å². The topological polar surface area (TPSA) is 124 Å². The maximum Gasteiger partial charge on any atom is 0.223 e. The average Bonchev–Trinajstić information content (AvgIpc) is 3.11. The van der Waals surface area contributed by atoms with E-state index in [0.29, 0.717) is 45.6 Å². The molecule has 8 nitrogen and oxygen atoms in total. The number of aromatic nitrogens is 2. The number of rotatable bonds is 11. The first-order chi connectivity index (χ1) is 23.7. The van der Waals surface area contributed by atoms with Gasteiger partial charge in [0.2, 0.25) is 11.8 Å². The van der Waals surface area contributed by atoms with Crippen LogP contribution in [-0.4, -0.2) is 32.0 Å². The van der Waals surface area contributed by atoms with E-state index in [0.717, 1.165) is 21.9 Å². The van der Waals surface area contributed by atoms with Crippen molar-refractivity contribution in [1.82, 2.24) is 20.6 Å². The molecule has 0 fully saturated rings. The summed E-state index contributed by atoms with van der Waals surface area (Å²) in [5, 5.41) is 30.7. The summed E-state index contributed by atoms with van der Waals surface area (Å²) in [6.07, 6.45) is 4.61. The van der Waals surface area contributed by atoms with Gasteiger partial charge in [0.15, 0.2) is 0 Å². The standard InChI is InChI=1S/C40H37ClN4O4/c1-24(2)40(49)45-34(30-19-17-26-12-7-21-42-35(26)38(30)47)28-11-5-9-25(23-28)10-6-16-33(46)44-37(29-14-3-4-15-32(29)41)31-20-18-27-13-8-22-43-36(27)39(31)48/h3-5,7-9,11-15,17-24,34,37,47-48H,6,10,16H2,1-2H3,(H,44,46)(H,45,49). The summed E-state index contributed by atoms with van der Waals surface area (Å²) >= 11 is 6.59. The Kier molecular flexibility index (Phi) is 10.1. The third-order valence-corrected chi connectivity index (χ3v) is 9.01. The fourth-order valence-corrected chi connectivity index (χ4v) is 6.30. The number of nitrogens with one attached hydrogen (secondary N) is 2. The molecule has 9 heteroatoms. The molecule has 2 atom stereocenters.